The Hall–Kier alpha value is -2.47. The first-order valence-corrected chi connectivity index (χ1v) is 7.75. The van der Waals surface area contributed by atoms with E-state index in [1.165, 1.54) is 6.21 Å². The van der Waals surface area contributed by atoms with Crippen molar-refractivity contribution in [3.63, 3.8) is 0 Å². The van der Waals surface area contributed by atoms with Gasteiger partial charge in [0.25, 0.3) is 0 Å². The van der Waals surface area contributed by atoms with Crippen LogP contribution in [0.3, 0.4) is 0 Å². The van der Waals surface area contributed by atoms with E-state index in [-0.39, 0.29) is 0 Å². The van der Waals surface area contributed by atoms with E-state index < -0.39 is 16.8 Å². The maximum Gasteiger partial charge on any atom is 0.332 e. The molecule has 1 atom stereocenters. The van der Waals surface area contributed by atoms with Gasteiger partial charge in [0.2, 0.25) is 0 Å². The molecule has 0 fully saturated rings. The molecule has 5 nitrogen and oxygen atoms in total. The van der Waals surface area contributed by atoms with Crippen LogP contribution in [-0.2, 0) is 10.8 Å². The van der Waals surface area contributed by atoms with Gasteiger partial charge in [0.05, 0.1) is 17.0 Å². The third-order valence-corrected chi connectivity index (χ3v) is 3.78. The van der Waals surface area contributed by atoms with Crippen molar-refractivity contribution >= 4 is 23.0 Å². The number of benzene rings is 2. The average molecular weight is 301 g/mol. The molecule has 0 heterocycles. The Labute approximate surface area is 125 Å². The molecule has 0 radical (unpaired) electrons. The molecular formula is C15H15N3O2S. The quantitative estimate of drug-likeness (QED) is 0.669. The van der Waals surface area contributed by atoms with Crippen LogP contribution in [0.2, 0.25) is 0 Å². The highest BCUT2D eigenvalue weighted by molar-refractivity contribution is 7.84. The number of hydrazone groups is 1. The summed E-state index contributed by atoms with van der Waals surface area (Å²) in [5, 5.41) is 3.69. The highest BCUT2D eigenvalue weighted by Gasteiger charge is 2.07. The number of hydrogen-bond acceptors (Lipinski definition) is 3. The van der Waals surface area contributed by atoms with Crippen LogP contribution in [-0.4, -0.2) is 22.7 Å². The summed E-state index contributed by atoms with van der Waals surface area (Å²) >= 11 is 0. The van der Waals surface area contributed by atoms with Gasteiger partial charge in [-0.25, -0.2) is 10.2 Å². The summed E-state index contributed by atoms with van der Waals surface area (Å²) in [6.45, 7) is 0. The maximum absolute atomic E-state index is 11.7. The predicted octanol–water partition coefficient (Wildman–Crippen LogP) is 2.09. The zero-order chi connectivity index (χ0) is 15.2. The van der Waals surface area contributed by atoms with E-state index >= 15 is 0 Å². The normalized spacial score (nSPS) is 12.2. The lowest BCUT2D eigenvalue weighted by Crippen LogP contribution is -2.24. The summed E-state index contributed by atoms with van der Waals surface area (Å²) in [5.74, 6) is 0. The topological polar surface area (TPSA) is 84.6 Å². The second kappa shape index (κ2) is 6.81. The highest BCUT2D eigenvalue weighted by Crippen LogP contribution is 2.25. The predicted molar refractivity (Wildman–Crippen MR) is 84.5 cm³/mol. The standard InChI is InChI=1S/C15H15N3O2S/c1-21(20)14-5-3-2-4-13(14)12-8-6-11(7-9-12)10-17-18-15(16)19/h2-10H,1H3,(H3,16,18,19). The number of hydrogen-bond donors (Lipinski definition) is 2. The van der Waals surface area contributed by atoms with Crippen LogP contribution in [0.1, 0.15) is 5.56 Å². The molecule has 0 saturated heterocycles. The molecule has 2 aromatic carbocycles. The molecule has 0 spiro atoms. The van der Waals surface area contributed by atoms with Crippen molar-refractivity contribution in [3.05, 3.63) is 54.1 Å². The van der Waals surface area contributed by atoms with Gasteiger partial charge in [0.15, 0.2) is 0 Å². The third-order valence-electron chi connectivity index (χ3n) is 2.81. The molecule has 3 N–H and O–H groups in total. The Bertz CT molecular complexity index is 696. The largest absolute Gasteiger partial charge is 0.350 e. The number of nitrogens with two attached hydrogens (primary N) is 1. The lowest BCUT2D eigenvalue weighted by Gasteiger charge is -2.07. The first-order chi connectivity index (χ1) is 10.1. The van der Waals surface area contributed by atoms with Gasteiger partial charge in [-0.15, -0.1) is 0 Å². The molecule has 6 heteroatoms. The van der Waals surface area contributed by atoms with E-state index in [1.807, 2.05) is 48.5 Å². The first-order valence-electron chi connectivity index (χ1n) is 6.19. The van der Waals surface area contributed by atoms with Crippen LogP contribution in [0.15, 0.2) is 58.5 Å². The molecule has 21 heavy (non-hydrogen) atoms. The molecule has 0 aliphatic heterocycles. The van der Waals surface area contributed by atoms with Crippen molar-refractivity contribution in [1.29, 1.82) is 0 Å². The molecule has 2 aromatic rings. The van der Waals surface area contributed by atoms with Crippen molar-refractivity contribution in [2.24, 2.45) is 10.8 Å². The Morgan fingerprint density at radius 2 is 1.86 bits per heavy atom. The molecule has 0 aromatic heterocycles. The molecule has 108 valence electrons. The molecule has 0 saturated carbocycles. The van der Waals surface area contributed by atoms with E-state index in [1.54, 1.807) is 6.26 Å². The lowest BCUT2D eigenvalue weighted by atomic mass is 10.0. The minimum Gasteiger partial charge on any atom is -0.350 e. The number of carbonyl (C=O) groups excluding carboxylic acids is 1. The molecule has 0 aliphatic carbocycles. The summed E-state index contributed by atoms with van der Waals surface area (Å²) in [4.78, 5) is 11.3. The van der Waals surface area contributed by atoms with E-state index in [4.69, 9.17) is 5.73 Å². The number of amides is 2. The SMILES string of the molecule is CS(=O)c1ccccc1-c1ccc(C=NNC(N)=O)cc1. The number of nitrogens with one attached hydrogen (secondary N) is 1. The van der Waals surface area contributed by atoms with Crippen LogP contribution < -0.4 is 11.2 Å². The van der Waals surface area contributed by atoms with Gasteiger partial charge in [-0.1, -0.05) is 42.5 Å². The smallest absolute Gasteiger partial charge is 0.332 e. The van der Waals surface area contributed by atoms with E-state index in [2.05, 4.69) is 10.5 Å². The van der Waals surface area contributed by atoms with Gasteiger partial charge in [-0.2, -0.15) is 5.10 Å². The molecule has 2 amide bonds. The number of primary amides is 1. The number of carbonyl (C=O) groups is 1. The van der Waals surface area contributed by atoms with Crippen molar-refractivity contribution < 1.29 is 9.00 Å². The minimum atomic E-state index is -1.04. The second-order valence-corrected chi connectivity index (χ2v) is 5.65. The van der Waals surface area contributed by atoms with E-state index in [0.29, 0.717) is 0 Å². The van der Waals surface area contributed by atoms with Crippen molar-refractivity contribution in [2.75, 3.05) is 6.26 Å². The summed E-state index contributed by atoms with van der Waals surface area (Å²) in [5.41, 5.74) is 9.78. The fourth-order valence-corrected chi connectivity index (χ4v) is 2.64. The summed E-state index contributed by atoms with van der Waals surface area (Å²) in [6, 6.07) is 14.4. The van der Waals surface area contributed by atoms with Crippen molar-refractivity contribution in [1.82, 2.24) is 5.43 Å². The summed E-state index contributed by atoms with van der Waals surface area (Å²) in [6.07, 6.45) is 3.16. The summed E-state index contributed by atoms with van der Waals surface area (Å²) < 4.78 is 11.7. The van der Waals surface area contributed by atoms with Crippen LogP contribution >= 0.6 is 0 Å². The van der Waals surface area contributed by atoms with Crippen LogP contribution in [0.5, 0.6) is 0 Å². The molecule has 0 bridgehead atoms. The Balaban J connectivity index is 2.25. The molecular weight excluding hydrogens is 286 g/mol. The van der Waals surface area contributed by atoms with Gasteiger partial charge < -0.3 is 5.73 Å². The number of urea groups is 1. The van der Waals surface area contributed by atoms with Gasteiger partial charge in [-0.05, 0) is 22.8 Å². The number of nitrogens with zero attached hydrogens (tertiary/aromatic N) is 1. The maximum atomic E-state index is 11.7. The third kappa shape index (κ3) is 4.00. The zero-order valence-corrected chi connectivity index (χ0v) is 12.3. The number of rotatable bonds is 4. The minimum absolute atomic E-state index is 0.706. The van der Waals surface area contributed by atoms with Gasteiger partial charge in [-0.3, -0.25) is 4.21 Å². The monoisotopic (exact) mass is 301 g/mol. The summed E-state index contributed by atoms with van der Waals surface area (Å²) in [7, 11) is -1.04. The zero-order valence-electron chi connectivity index (χ0n) is 11.4. The molecule has 2 rings (SSSR count). The fraction of sp³-hybridized carbons (Fsp3) is 0.0667. The Kier molecular flexibility index (Phi) is 4.84. The molecule has 1 unspecified atom stereocenters. The van der Waals surface area contributed by atoms with Crippen LogP contribution in [0.25, 0.3) is 11.1 Å². The first kappa shape index (κ1) is 14.9. The highest BCUT2D eigenvalue weighted by atomic mass is 32.2. The Morgan fingerprint density at radius 1 is 1.19 bits per heavy atom. The van der Waals surface area contributed by atoms with Crippen LogP contribution in [0.4, 0.5) is 4.79 Å². The molecule has 0 aliphatic rings. The Morgan fingerprint density at radius 3 is 2.48 bits per heavy atom. The van der Waals surface area contributed by atoms with Crippen molar-refractivity contribution in [3.8, 4) is 11.1 Å². The van der Waals surface area contributed by atoms with Gasteiger partial charge in [0, 0.05) is 11.2 Å². The van der Waals surface area contributed by atoms with E-state index in [0.717, 1.165) is 21.6 Å². The van der Waals surface area contributed by atoms with Gasteiger partial charge in [0.1, 0.15) is 0 Å². The second-order valence-electron chi connectivity index (χ2n) is 4.31. The van der Waals surface area contributed by atoms with Crippen molar-refractivity contribution in [2.45, 2.75) is 4.90 Å². The lowest BCUT2D eigenvalue weighted by molar-refractivity contribution is 0.249. The van der Waals surface area contributed by atoms with Crippen LogP contribution in [0, 0.1) is 0 Å². The van der Waals surface area contributed by atoms with Gasteiger partial charge >= 0.3 is 6.03 Å². The fourth-order valence-electron chi connectivity index (χ4n) is 1.87. The average Bonchev–Trinajstić information content (AvgIpc) is 2.47. The van der Waals surface area contributed by atoms with E-state index in [9.17, 15) is 9.00 Å².